The number of hydrogen-bond donors (Lipinski definition) is 1. The fraction of sp³-hybridized carbons (Fsp3) is 0.261. The molecule has 0 atom stereocenters. The van der Waals surface area contributed by atoms with E-state index < -0.39 is 0 Å². The Balaban J connectivity index is 1.12. The first-order valence-corrected chi connectivity index (χ1v) is 11.2. The van der Waals surface area contributed by atoms with Crippen molar-refractivity contribution in [3.63, 3.8) is 0 Å². The molecule has 0 unspecified atom stereocenters. The third-order valence-electron chi connectivity index (χ3n) is 5.82. The normalized spacial score (nSPS) is 16.0. The zero-order chi connectivity index (χ0) is 19.9. The topological polar surface area (TPSA) is 70.8 Å². The van der Waals surface area contributed by atoms with Crippen LogP contribution in [0.2, 0.25) is 0 Å². The third kappa shape index (κ3) is 3.30. The van der Waals surface area contributed by atoms with Gasteiger partial charge in [-0.2, -0.15) is 0 Å². The maximum atomic E-state index is 5.98. The van der Waals surface area contributed by atoms with Crippen molar-refractivity contribution in [1.29, 1.82) is 0 Å². The van der Waals surface area contributed by atoms with Crippen LogP contribution in [0, 0.1) is 0 Å². The molecular formula is C23H21N5OS. The number of aromatic amines is 1. The van der Waals surface area contributed by atoms with Gasteiger partial charge in [-0.05, 0) is 50.2 Å². The SMILES string of the molecule is c1ccc2oc(-c3csc(C4CCN(Cc5nc6ncccc6[nH]5)CC4)n3)cc2c1. The smallest absolute Gasteiger partial charge is 0.177 e. The number of nitrogens with one attached hydrogen (secondary N) is 1. The van der Waals surface area contributed by atoms with E-state index in [1.807, 2.05) is 30.3 Å². The highest BCUT2D eigenvalue weighted by Gasteiger charge is 2.24. The number of aromatic nitrogens is 4. The minimum absolute atomic E-state index is 0.515. The Labute approximate surface area is 177 Å². The molecule has 1 aliphatic heterocycles. The predicted octanol–water partition coefficient (Wildman–Crippen LogP) is 5.21. The lowest BCUT2D eigenvalue weighted by atomic mass is 9.97. The van der Waals surface area contributed by atoms with Crippen LogP contribution in [0.3, 0.4) is 0 Å². The van der Waals surface area contributed by atoms with E-state index in [2.05, 4.69) is 37.4 Å². The second-order valence-electron chi connectivity index (χ2n) is 7.83. The molecule has 6 rings (SSSR count). The molecule has 4 aromatic heterocycles. The van der Waals surface area contributed by atoms with Crippen LogP contribution in [0.5, 0.6) is 0 Å². The fourth-order valence-corrected chi connectivity index (χ4v) is 5.20. The monoisotopic (exact) mass is 415 g/mol. The molecule has 0 bridgehead atoms. The Kier molecular flexibility index (Phi) is 4.35. The van der Waals surface area contributed by atoms with Crippen molar-refractivity contribution >= 4 is 33.5 Å². The van der Waals surface area contributed by atoms with Crippen LogP contribution in [0.1, 0.15) is 29.6 Å². The Morgan fingerprint density at radius 2 is 2.00 bits per heavy atom. The van der Waals surface area contributed by atoms with Crippen molar-refractivity contribution in [2.45, 2.75) is 25.3 Å². The van der Waals surface area contributed by atoms with Crippen LogP contribution in [0.25, 0.3) is 33.6 Å². The van der Waals surface area contributed by atoms with Crippen molar-refractivity contribution in [1.82, 2.24) is 24.8 Å². The van der Waals surface area contributed by atoms with E-state index in [-0.39, 0.29) is 0 Å². The molecule has 0 spiro atoms. The molecule has 5 heterocycles. The van der Waals surface area contributed by atoms with Gasteiger partial charge in [0.1, 0.15) is 17.1 Å². The molecule has 1 fully saturated rings. The highest BCUT2D eigenvalue weighted by atomic mass is 32.1. The van der Waals surface area contributed by atoms with Gasteiger partial charge in [-0.25, -0.2) is 15.0 Å². The molecular weight excluding hydrogens is 394 g/mol. The lowest BCUT2D eigenvalue weighted by molar-refractivity contribution is 0.201. The number of imidazole rings is 1. The van der Waals surface area contributed by atoms with Gasteiger partial charge in [0.05, 0.1) is 17.1 Å². The third-order valence-corrected chi connectivity index (χ3v) is 6.82. The van der Waals surface area contributed by atoms with Gasteiger partial charge in [0.25, 0.3) is 0 Å². The van der Waals surface area contributed by atoms with Crippen LogP contribution in [-0.2, 0) is 6.54 Å². The minimum atomic E-state index is 0.515. The van der Waals surface area contributed by atoms with E-state index >= 15 is 0 Å². The summed E-state index contributed by atoms with van der Waals surface area (Å²) in [6.45, 7) is 2.94. The summed E-state index contributed by atoms with van der Waals surface area (Å²) in [5, 5.41) is 4.47. The first kappa shape index (κ1) is 17.8. The van der Waals surface area contributed by atoms with E-state index in [0.29, 0.717) is 5.92 Å². The van der Waals surface area contributed by atoms with Crippen LogP contribution in [0.4, 0.5) is 0 Å². The van der Waals surface area contributed by atoms with Crippen molar-refractivity contribution in [3.05, 3.63) is 64.9 Å². The molecule has 1 aromatic carbocycles. The Morgan fingerprint density at radius 3 is 2.87 bits per heavy atom. The average molecular weight is 416 g/mol. The fourth-order valence-electron chi connectivity index (χ4n) is 4.22. The van der Waals surface area contributed by atoms with Crippen molar-refractivity contribution in [3.8, 4) is 11.5 Å². The average Bonchev–Trinajstić information content (AvgIpc) is 3.51. The molecule has 150 valence electrons. The number of nitrogens with zero attached hydrogens (tertiary/aromatic N) is 4. The molecule has 0 amide bonds. The number of hydrogen-bond acceptors (Lipinski definition) is 6. The molecule has 1 saturated heterocycles. The first-order valence-electron chi connectivity index (χ1n) is 10.3. The van der Waals surface area contributed by atoms with Gasteiger partial charge in [0, 0.05) is 22.9 Å². The molecule has 1 aliphatic rings. The number of piperidine rings is 1. The number of likely N-dealkylation sites (tertiary alicyclic amines) is 1. The van der Waals surface area contributed by atoms with Gasteiger partial charge < -0.3 is 9.40 Å². The summed E-state index contributed by atoms with van der Waals surface area (Å²) in [6, 6.07) is 14.1. The number of fused-ring (bicyclic) bond motifs is 2. The van der Waals surface area contributed by atoms with Gasteiger partial charge >= 0.3 is 0 Å². The lowest BCUT2D eigenvalue weighted by Crippen LogP contribution is -2.32. The second-order valence-corrected chi connectivity index (χ2v) is 8.72. The number of rotatable bonds is 4. The number of furan rings is 1. The minimum Gasteiger partial charge on any atom is -0.454 e. The van der Waals surface area contributed by atoms with Crippen molar-refractivity contribution in [2.24, 2.45) is 0 Å². The molecule has 1 N–H and O–H groups in total. The van der Waals surface area contributed by atoms with Crippen LogP contribution in [0.15, 0.2) is 58.5 Å². The van der Waals surface area contributed by atoms with Gasteiger partial charge in [0.2, 0.25) is 0 Å². The first-order chi connectivity index (χ1) is 14.8. The number of benzene rings is 1. The molecule has 0 radical (unpaired) electrons. The molecule has 30 heavy (non-hydrogen) atoms. The number of para-hydroxylation sites is 1. The molecule has 0 aliphatic carbocycles. The number of thiazole rings is 1. The largest absolute Gasteiger partial charge is 0.454 e. The van der Waals surface area contributed by atoms with Gasteiger partial charge in [-0.15, -0.1) is 11.3 Å². The summed E-state index contributed by atoms with van der Waals surface area (Å²) in [4.78, 5) is 19.7. The summed E-state index contributed by atoms with van der Waals surface area (Å²) in [7, 11) is 0. The van der Waals surface area contributed by atoms with Gasteiger partial charge in [-0.3, -0.25) is 4.90 Å². The molecule has 6 nitrogen and oxygen atoms in total. The summed E-state index contributed by atoms with van der Waals surface area (Å²) in [5.41, 5.74) is 3.66. The molecule has 7 heteroatoms. The van der Waals surface area contributed by atoms with E-state index in [0.717, 1.165) is 71.9 Å². The zero-order valence-electron chi connectivity index (χ0n) is 16.4. The van der Waals surface area contributed by atoms with Crippen molar-refractivity contribution in [2.75, 3.05) is 13.1 Å². The van der Waals surface area contributed by atoms with E-state index in [1.165, 1.54) is 5.01 Å². The van der Waals surface area contributed by atoms with Gasteiger partial charge in [0.15, 0.2) is 11.4 Å². The lowest BCUT2D eigenvalue weighted by Gasteiger charge is -2.30. The molecule has 5 aromatic rings. The summed E-state index contributed by atoms with van der Waals surface area (Å²) < 4.78 is 5.98. The number of H-pyrrole nitrogens is 1. The quantitative estimate of drug-likeness (QED) is 0.436. The van der Waals surface area contributed by atoms with Crippen molar-refractivity contribution < 1.29 is 4.42 Å². The van der Waals surface area contributed by atoms with E-state index in [1.54, 1.807) is 17.5 Å². The van der Waals surface area contributed by atoms with Gasteiger partial charge in [-0.1, -0.05) is 18.2 Å². The summed E-state index contributed by atoms with van der Waals surface area (Å²) in [6.07, 6.45) is 4.02. The second kappa shape index (κ2) is 7.34. The van der Waals surface area contributed by atoms with Crippen LogP contribution < -0.4 is 0 Å². The van der Waals surface area contributed by atoms with E-state index in [9.17, 15) is 0 Å². The highest BCUT2D eigenvalue weighted by molar-refractivity contribution is 7.10. The summed E-state index contributed by atoms with van der Waals surface area (Å²) >= 11 is 1.75. The van der Waals surface area contributed by atoms with Crippen LogP contribution in [-0.4, -0.2) is 37.9 Å². The van der Waals surface area contributed by atoms with E-state index in [4.69, 9.17) is 9.40 Å². The maximum Gasteiger partial charge on any atom is 0.177 e. The highest BCUT2D eigenvalue weighted by Crippen LogP contribution is 2.34. The number of pyridine rings is 1. The zero-order valence-corrected chi connectivity index (χ0v) is 17.2. The summed E-state index contributed by atoms with van der Waals surface area (Å²) in [5.74, 6) is 2.36. The standard InChI is InChI=1S/C23H21N5OS/c1-2-6-19-16(4-1)12-20(29-19)18-14-30-23(26-18)15-7-10-28(11-8-15)13-21-25-17-5-3-9-24-22(17)27-21/h1-6,9,12,14-15H,7-8,10-11,13H2,(H,24,25,27). The molecule has 0 saturated carbocycles. The maximum absolute atomic E-state index is 5.98. The Morgan fingerprint density at radius 1 is 1.10 bits per heavy atom. The Bertz CT molecular complexity index is 1250. The Hall–Kier alpha value is -3.03. The van der Waals surface area contributed by atoms with Crippen LogP contribution >= 0.6 is 11.3 Å². The predicted molar refractivity (Wildman–Crippen MR) is 118 cm³/mol.